The van der Waals surface area contributed by atoms with Gasteiger partial charge in [0.2, 0.25) is 0 Å². The van der Waals surface area contributed by atoms with E-state index in [1.807, 2.05) is 0 Å². The first-order valence-electron chi connectivity index (χ1n) is 5.81. The summed E-state index contributed by atoms with van der Waals surface area (Å²) in [5.41, 5.74) is 3.24. The van der Waals surface area contributed by atoms with Crippen molar-refractivity contribution in [3.8, 4) is 0 Å². The summed E-state index contributed by atoms with van der Waals surface area (Å²) in [6.45, 7) is 1.57. The maximum atomic E-state index is 14.2. The fraction of sp³-hybridized carbons (Fsp3) is 0.143. The molecule has 1 unspecified atom stereocenters. The Morgan fingerprint density at radius 3 is 2.55 bits per heavy atom. The molecule has 0 aliphatic rings. The number of aryl methyl sites for hydroxylation is 1. The first kappa shape index (κ1) is 15.4. The van der Waals surface area contributed by atoms with Gasteiger partial charge < -0.3 is 0 Å². The maximum absolute atomic E-state index is 14.2. The van der Waals surface area contributed by atoms with Crippen LogP contribution in [0.1, 0.15) is 22.7 Å². The Morgan fingerprint density at radius 2 is 1.95 bits per heavy atom. The minimum absolute atomic E-state index is 0.120. The molecule has 0 spiro atoms. The van der Waals surface area contributed by atoms with Gasteiger partial charge in [-0.05, 0) is 52.2 Å². The minimum atomic E-state index is -0.819. The van der Waals surface area contributed by atoms with Gasteiger partial charge >= 0.3 is 0 Å². The van der Waals surface area contributed by atoms with Crippen LogP contribution in [0.4, 0.5) is 8.78 Å². The van der Waals surface area contributed by atoms with Crippen molar-refractivity contribution >= 4 is 27.5 Å². The van der Waals surface area contributed by atoms with Crippen LogP contribution in [0.2, 0.25) is 5.02 Å². The normalized spacial score (nSPS) is 12.5. The lowest BCUT2D eigenvalue weighted by Crippen LogP contribution is -2.30. The van der Waals surface area contributed by atoms with E-state index >= 15 is 0 Å². The molecule has 2 nitrogen and oxygen atoms in total. The largest absolute Gasteiger partial charge is 0.271 e. The summed E-state index contributed by atoms with van der Waals surface area (Å²) in [5, 5.41) is 0.441. The molecule has 0 bridgehead atoms. The van der Waals surface area contributed by atoms with Crippen LogP contribution in [0.5, 0.6) is 0 Å². The first-order valence-corrected chi connectivity index (χ1v) is 6.98. The highest BCUT2D eigenvalue weighted by atomic mass is 79.9. The molecule has 106 valence electrons. The fourth-order valence-corrected chi connectivity index (χ4v) is 2.42. The van der Waals surface area contributed by atoms with E-state index in [1.165, 1.54) is 12.1 Å². The molecule has 0 aromatic heterocycles. The van der Waals surface area contributed by atoms with E-state index in [0.29, 0.717) is 20.6 Å². The highest BCUT2D eigenvalue weighted by Crippen LogP contribution is 2.31. The SMILES string of the molecule is Cc1ccc(F)c(C(NN)c2ccc(Br)c(Cl)c2)c1F. The summed E-state index contributed by atoms with van der Waals surface area (Å²) < 4.78 is 28.8. The van der Waals surface area contributed by atoms with E-state index in [-0.39, 0.29) is 5.56 Å². The molecule has 0 radical (unpaired) electrons. The smallest absolute Gasteiger partial charge is 0.134 e. The van der Waals surface area contributed by atoms with E-state index < -0.39 is 17.7 Å². The predicted octanol–water partition coefficient (Wildman–Crippen LogP) is 4.24. The molecule has 0 saturated heterocycles. The molecular weight excluding hydrogens is 350 g/mol. The van der Waals surface area contributed by atoms with Crippen LogP contribution in [0.3, 0.4) is 0 Å². The van der Waals surface area contributed by atoms with E-state index in [4.69, 9.17) is 17.4 Å². The highest BCUT2D eigenvalue weighted by Gasteiger charge is 2.22. The number of benzene rings is 2. The van der Waals surface area contributed by atoms with E-state index in [1.54, 1.807) is 25.1 Å². The molecule has 0 amide bonds. The van der Waals surface area contributed by atoms with Crippen LogP contribution >= 0.6 is 27.5 Å². The van der Waals surface area contributed by atoms with Crippen molar-refractivity contribution < 1.29 is 8.78 Å². The molecular formula is C14H12BrClF2N2. The second-order valence-electron chi connectivity index (χ2n) is 4.37. The van der Waals surface area contributed by atoms with Crippen molar-refractivity contribution in [3.63, 3.8) is 0 Å². The van der Waals surface area contributed by atoms with Crippen molar-refractivity contribution in [2.24, 2.45) is 5.84 Å². The van der Waals surface area contributed by atoms with Gasteiger partial charge in [0.15, 0.2) is 0 Å². The van der Waals surface area contributed by atoms with Gasteiger partial charge in [-0.15, -0.1) is 0 Å². The zero-order valence-corrected chi connectivity index (χ0v) is 12.9. The number of hydrogen-bond acceptors (Lipinski definition) is 2. The van der Waals surface area contributed by atoms with Gasteiger partial charge in [0, 0.05) is 10.0 Å². The van der Waals surface area contributed by atoms with Gasteiger partial charge in [0.25, 0.3) is 0 Å². The Bertz CT molecular complexity index is 649. The van der Waals surface area contributed by atoms with E-state index in [9.17, 15) is 8.78 Å². The highest BCUT2D eigenvalue weighted by molar-refractivity contribution is 9.10. The molecule has 6 heteroatoms. The average Bonchev–Trinajstić information content (AvgIpc) is 2.42. The van der Waals surface area contributed by atoms with Gasteiger partial charge in [-0.2, -0.15) is 0 Å². The lowest BCUT2D eigenvalue weighted by Gasteiger charge is -2.19. The van der Waals surface area contributed by atoms with Crippen molar-refractivity contribution in [1.82, 2.24) is 5.43 Å². The second kappa shape index (κ2) is 6.18. The molecule has 0 fully saturated rings. The summed E-state index contributed by atoms with van der Waals surface area (Å²) in [6, 6.07) is 6.79. The molecule has 2 aromatic carbocycles. The number of nitrogens with one attached hydrogen (secondary N) is 1. The zero-order chi connectivity index (χ0) is 14.9. The van der Waals surface area contributed by atoms with Gasteiger partial charge in [-0.3, -0.25) is 5.84 Å². The quantitative estimate of drug-likeness (QED) is 0.634. The number of rotatable bonds is 3. The molecule has 20 heavy (non-hydrogen) atoms. The van der Waals surface area contributed by atoms with Crippen molar-refractivity contribution in [2.45, 2.75) is 13.0 Å². The van der Waals surface area contributed by atoms with Gasteiger partial charge in [0.05, 0.1) is 11.1 Å². The standard InChI is InChI=1S/C14H12BrClF2N2/c1-7-2-5-11(17)12(13(7)18)14(20-19)8-3-4-9(15)10(16)6-8/h2-6,14,20H,19H2,1H3. The summed E-state index contributed by atoms with van der Waals surface area (Å²) in [4.78, 5) is 0. The van der Waals surface area contributed by atoms with Crippen molar-refractivity contribution in [1.29, 1.82) is 0 Å². The third kappa shape index (κ3) is 2.86. The van der Waals surface area contributed by atoms with Crippen LogP contribution in [-0.2, 0) is 0 Å². The Balaban J connectivity index is 2.58. The van der Waals surface area contributed by atoms with E-state index in [2.05, 4.69) is 21.4 Å². The number of hydrazine groups is 1. The van der Waals surface area contributed by atoms with Crippen molar-refractivity contribution in [2.75, 3.05) is 0 Å². The van der Waals surface area contributed by atoms with Crippen LogP contribution in [0.15, 0.2) is 34.8 Å². The van der Waals surface area contributed by atoms with Gasteiger partial charge in [0.1, 0.15) is 11.6 Å². The topological polar surface area (TPSA) is 38.0 Å². The molecule has 1 atom stereocenters. The molecule has 0 saturated carbocycles. The summed E-state index contributed by atoms with van der Waals surface area (Å²) >= 11 is 9.28. The molecule has 2 rings (SSSR count). The monoisotopic (exact) mass is 360 g/mol. The minimum Gasteiger partial charge on any atom is -0.271 e. The number of halogens is 4. The first-order chi connectivity index (χ1) is 9.45. The lowest BCUT2D eigenvalue weighted by molar-refractivity contribution is 0.506. The Hall–Kier alpha value is -1.01. The van der Waals surface area contributed by atoms with Gasteiger partial charge in [-0.1, -0.05) is 23.7 Å². The van der Waals surface area contributed by atoms with Crippen molar-refractivity contribution in [3.05, 3.63) is 68.2 Å². The van der Waals surface area contributed by atoms with Gasteiger partial charge in [-0.25, -0.2) is 14.2 Å². The Kier molecular flexibility index (Phi) is 4.75. The van der Waals surface area contributed by atoms with Crippen LogP contribution in [0.25, 0.3) is 0 Å². The number of hydrogen-bond donors (Lipinski definition) is 2. The maximum Gasteiger partial charge on any atom is 0.134 e. The van der Waals surface area contributed by atoms with Crippen LogP contribution in [0, 0.1) is 18.6 Å². The lowest BCUT2D eigenvalue weighted by atomic mass is 9.96. The fourth-order valence-electron chi connectivity index (χ4n) is 1.98. The summed E-state index contributed by atoms with van der Waals surface area (Å²) in [7, 11) is 0. The average molecular weight is 362 g/mol. The molecule has 2 aromatic rings. The molecule has 0 aliphatic carbocycles. The summed E-state index contributed by atoms with van der Waals surface area (Å²) in [6.07, 6.45) is 0. The Morgan fingerprint density at radius 1 is 1.25 bits per heavy atom. The predicted molar refractivity (Wildman–Crippen MR) is 79.4 cm³/mol. The summed E-state index contributed by atoms with van der Waals surface area (Å²) in [5.74, 6) is 4.20. The van der Waals surface area contributed by atoms with Crippen LogP contribution in [-0.4, -0.2) is 0 Å². The Labute approximate surface area is 129 Å². The third-order valence-electron chi connectivity index (χ3n) is 3.05. The van der Waals surface area contributed by atoms with E-state index in [0.717, 1.165) is 0 Å². The van der Waals surface area contributed by atoms with Crippen LogP contribution < -0.4 is 11.3 Å². The molecule has 0 heterocycles. The number of nitrogens with two attached hydrogens (primary N) is 1. The third-order valence-corrected chi connectivity index (χ3v) is 4.28. The molecule has 3 N–H and O–H groups in total. The second-order valence-corrected chi connectivity index (χ2v) is 5.63. The molecule has 0 aliphatic heterocycles. The zero-order valence-electron chi connectivity index (χ0n) is 10.6.